The molecule has 0 aliphatic carbocycles. The molecule has 0 spiro atoms. The molecule has 3 amide bonds. The predicted molar refractivity (Wildman–Crippen MR) is 129 cm³/mol. The van der Waals surface area contributed by atoms with E-state index in [4.69, 9.17) is 9.47 Å². The monoisotopic (exact) mass is 518 g/mol. The van der Waals surface area contributed by atoms with Crippen LogP contribution in [0.2, 0.25) is 0 Å². The van der Waals surface area contributed by atoms with Crippen molar-refractivity contribution in [1.29, 1.82) is 0 Å². The van der Waals surface area contributed by atoms with E-state index < -0.39 is 17.1 Å². The summed E-state index contributed by atoms with van der Waals surface area (Å²) in [6, 6.07) is 9.14. The molecule has 0 saturated carbocycles. The fourth-order valence-electron chi connectivity index (χ4n) is 3.29. The number of nitrogens with zero attached hydrogens (tertiary/aromatic N) is 1. The molecule has 9 heteroatoms. The average Bonchev–Trinajstić information content (AvgIpc) is 2.96. The summed E-state index contributed by atoms with van der Waals surface area (Å²) in [5.41, 5.74) is 3.29. The van der Waals surface area contributed by atoms with Crippen molar-refractivity contribution < 1.29 is 23.9 Å². The number of rotatable bonds is 7. The van der Waals surface area contributed by atoms with Gasteiger partial charge in [-0.1, -0.05) is 6.07 Å². The van der Waals surface area contributed by atoms with Crippen LogP contribution in [0.15, 0.2) is 39.7 Å². The van der Waals surface area contributed by atoms with E-state index in [1.54, 1.807) is 18.2 Å². The van der Waals surface area contributed by atoms with Crippen molar-refractivity contribution in [3.05, 3.63) is 56.4 Å². The molecule has 32 heavy (non-hydrogen) atoms. The van der Waals surface area contributed by atoms with Gasteiger partial charge >= 0.3 is 0 Å². The Morgan fingerprint density at radius 1 is 1.16 bits per heavy atom. The van der Waals surface area contributed by atoms with Crippen molar-refractivity contribution in [2.45, 2.75) is 20.8 Å². The normalized spacial score (nSPS) is 14.8. The number of ether oxygens (including phenoxy) is 2. The van der Waals surface area contributed by atoms with Gasteiger partial charge in [-0.15, -0.1) is 0 Å². The van der Waals surface area contributed by atoms with E-state index >= 15 is 0 Å². The maximum absolute atomic E-state index is 12.8. The molecule has 1 N–H and O–H groups in total. The van der Waals surface area contributed by atoms with Crippen LogP contribution in [0.25, 0.3) is 6.08 Å². The maximum Gasteiger partial charge on any atom is 0.294 e. The number of halogens is 1. The quantitative estimate of drug-likeness (QED) is 0.510. The molecule has 3 rings (SSSR count). The smallest absolute Gasteiger partial charge is 0.294 e. The maximum atomic E-state index is 12.8. The Morgan fingerprint density at radius 3 is 2.47 bits per heavy atom. The predicted octanol–water partition coefficient (Wildman–Crippen LogP) is 5.15. The van der Waals surface area contributed by atoms with Crippen LogP contribution in [0.3, 0.4) is 0 Å². The van der Waals surface area contributed by atoms with Crippen molar-refractivity contribution in [3.8, 4) is 11.5 Å². The van der Waals surface area contributed by atoms with Gasteiger partial charge in [0.15, 0.2) is 11.5 Å². The van der Waals surface area contributed by atoms with Crippen LogP contribution < -0.4 is 14.8 Å². The van der Waals surface area contributed by atoms with Crippen molar-refractivity contribution in [1.82, 2.24) is 4.90 Å². The Hall–Kier alpha value is -2.78. The minimum absolute atomic E-state index is 0.229. The summed E-state index contributed by atoms with van der Waals surface area (Å²) in [5.74, 6) is 0.103. The van der Waals surface area contributed by atoms with Gasteiger partial charge in [0.1, 0.15) is 6.54 Å². The van der Waals surface area contributed by atoms with Gasteiger partial charge in [0.25, 0.3) is 11.1 Å². The number of amides is 3. The van der Waals surface area contributed by atoms with E-state index in [1.807, 2.05) is 39.0 Å². The number of thioether (sulfide) groups is 1. The Kier molecular flexibility index (Phi) is 7.63. The molecule has 7 nitrogen and oxygen atoms in total. The molecule has 2 aromatic rings. The molecule has 0 radical (unpaired) electrons. The third-order valence-corrected chi connectivity index (χ3v) is 6.02. The number of aryl methyl sites for hydroxylation is 2. The van der Waals surface area contributed by atoms with Gasteiger partial charge in [0.05, 0.1) is 23.1 Å². The first-order valence-electron chi connectivity index (χ1n) is 9.85. The third kappa shape index (κ3) is 5.52. The Morgan fingerprint density at radius 2 is 1.84 bits per heavy atom. The van der Waals surface area contributed by atoms with Gasteiger partial charge in [0, 0.05) is 5.69 Å². The summed E-state index contributed by atoms with van der Waals surface area (Å²) < 4.78 is 11.6. The SMILES string of the molecule is CCOc1c(Br)cc(/C=C2/SC(=O)N(CC(=O)Nc3cc(C)cc(C)c3)C2=O)cc1OC. The highest BCUT2D eigenvalue weighted by atomic mass is 79.9. The molecule has 1 aliphatic rings. The van der Waals surface area contributed by atoms with Crippen LogP contribution in [0, 0.1) is 13.8 Å². The van der Waals surface area contributed by atoms with Crippen molar-refractivity contribution in [3.63, 3.8) is 0 Å². The minimum Gasteiger partial charge on any atom is -0.493 e. The molecule has 0 bridgehead atoms. The van der Waals surface area contributed by atoms with E-state index in [1.165, 1.54) is 7.11 Å². The zero-order valence-electron chi connectivity index (χ0n) is 18.2. The van der Waals surface area contributed by atoms with Crippen LogP contribution >= 0.6 is 27.7 Å². The fraction of sp³-hybridized carbons (Fsp3) is 0.261. The second-order valence-corrected chi connectivity index (χ2v) is 9.01. The summed E-state index contributed by atoms with van der Waals surface area (Å²) in [6.45, 7) is 5.84. The van der Waals surface area contributed by atoms with Crippen molar-refractivity contribution in [2.24, 2.45) is 0 Å². The largest absolute Gasteiger partial charge is 0.493 e. The minimum atomic E-state index is -0.514. The van der Waals surface area contributed by atoms with Crippen LogP contribution in [0.4, 0.5) is 10.5 Å². The van der Waals surface area contributed by atoms with Crippen LogP contribution in [-0.4, -0.2) is 42.2 Å². The van der Waals surface area contributed by atoms with E-state index in [0.29, 0.717) is 33.8 Å². The highest BCUT2D eigenvalue weighted by Gasteiger charge is 2.36. The summed E-state index contributed by atoms with van der Waals surface area (Å²) >= 11 is 4.24. The number of carbonyl (C=O) groups is 3. The lowest BCUT2D eigenvalue weighted by Gasteiger charge is -2.13. The molecule has 0 aromatic heterocycles. The Labute approximate surface area is 199 Å². The molecule has 168 valence electrons. The van der Waals surface area contributed by atoms with Crippen LogP contribution in [0.1, 0.15) is 23.6 Å². The average molecular weight is 519 g/mol. The van der Waals surface area contributed by atoms with Gasteiger partial charge in [-0.2, -0.15) is 0 Å². The van der Waals surface area contributed by atoms with Crippen molar-refractivity contribution in [2.75, 3.05) is 25.6 Å². The number of hydrogen-bond donors (Lipinski definition) is 1. The number of hydrogen-bond acceptors (Lipinski definition) is 6. The lowest BCUT2D eigenvalue weighted by molar-refractivity contribution is -0.127. The van der Waals surface area contributed by atoms with Crippen LogP contribution in [0.5, 0.6) is 11.5 Å². The van der Waals surface area contributed by atoms with Crippen molar-refractivity contribution >= 4 is 56.5 Å². The second-order valence-electron chi connectivity index (χ2n) is 7.16. The lowest BCUT2D eigenvalue weighted by atomic mass is 10.1. The van der Waals surface area contributed by atoms with Gasteiger partial charge in [-0.05, 0) is 95.5 Å². The van der Waals surface area contributed by atoms with E-state index in [0.717, 1.165) is 27.8 Å². The van der Waals surface area contributed by atoms with Gasteiger partial charge in [-0.3, -0.25) is 19.3 Å². The van der Waals surface area contributed by atoms with Gasteiger partial charge < -0.3 is 14.8 Å². The number of imide groups is 1. The second kappa shape index (κ2) is 10.2. The molecule has 0 unspecified atom stereocenters. The number of benzene rings is 2. The molecule has 0 atom stereocenters. The van der Waals surface area contributed by atoms with E-state index in [2.05, 4.69) is 21.2 Å². The number of anilines is 1. The number of carbonyl (C=O) groups excluding carboxylic acids is 3. The van der Waals surface area contributed by atoms with E-state index in [9.17, 15) is 14.4 Å². The Bertz CT molecular complexity index is 1100. The third-order valence-electron chi connectivity index (χ3n) is 4.52. The first-order chi connectivity index (χ1) is 15.2. The molecule has 2 aromatic carbocycles. The van der Waals surface area contributed by atoms with Gasteiger partial charge in [0.2, 0.25) is 5.91 Å². The number of methoxy groups -OCH3 is 1. The first-order valence-corrected chi connectivity index (χ1v) is 11.5. The zero-order chi connectivity index (χ0) is 23.4. The summed E-state index contributed by atoms with van der Waals surface area (Å²) in [7, 11) is 1.52. The highest BCUT2D eigenvalue weighted by molar-refractivity contribution is 9.10. The number of nitrogens with one attached hydrogen (secondary N) is 1. The summed E-state index contributed by atoms with van der Waals surface area (Å²) in [4.78, 5) is 38.8. The molecule has 1 fully saturated rings. The molecule has 1 saturated heterocycles. The fourth-order valence-corrected chi connectivity index (χ4v) is 4.70. The summed E-state index contributed by atoms with van der Waals surface area (Å²) in [6.07, 6.45) is 1.59. The molecule has 1 heterocycles. The first kappa shape index (κ1) is 23.9. The topological polar surface area (TPSA) is 84.9 Å². The van der Waals surface area contributed by atoms with Gasteiger partial charge in [-0.25, -0.2) is 0 Å². The zero-order valence-corrected chi connectivity index (χ0v) is 20.6. The van der Waals surface area contributed by atoms with E-state index in [-0.39, 0.29) is 11.4 Å². The Balaban J connectivity index is 1.76. The lowest BCUT2D eigenvalue weighted by Crippen LogP contribution is -2.36. The molecule has 1 aliphatic heterocycles. The summed E-state index contributed by atoms with van der Waals surface area (Å²) in [5, 5.41) is 2.25. The molecular weight excluding hydrogens is 496 g/mol. The standard InChI is InChI=1S/C23H23BrN2O5S/c1-5-31-21-17(24)9-15(10-18(21)30-4)11-19-22(28)26(23(29)32-19)12-20(27)25-16-7-13(2)6-14(3)8-16/h6-11H,5,12H2,1-4H3,(H,25,27)/b19-11+. The van der Waals surface area contributed by atoms with Crippen LogP contribution in [-0.2, 0) is 9.59 Å². The highest BCUT2D eigenvalue weighted by Crippen LogP contribution is 2.39. The molecular formula is C23H23BrN2O5S.